The molecule has 0 bridgehead atoms. The van der Waals surface area contributed by atoms with Gasteiger partial charge in [0.25, 0.3) is 0 Å². The van der Waals surface area contributed by atoms with Crippen LogP contribution in [0.2, 0.25) is 0 Å². The summed E-state index contributed by atoms with van der Waals surface area (Å²) in [6.07, 6.45) is 0.625. The lowest BCUT2D eigenvalue weighted by atomic mass is 9.98. The zero-order chi connectivity index (χ0) is 9.42. The Hall–Kier alpha value is -1.41. The van der Waals surface area contributed by atoms with Gasteiger partial charge in [0.15, 0.2) is 5.78 Å². The van der Waals surface area contributed by atoms with E-state index in [1.165, 1.54) is 0 Å². The molecule has 1 aromatic rings. The monoisotopic (exact) mass is 174 g/mol. The molecule has 0 saturated heterocycles. The van der Waals surface area contributed by atoms with Gasteiger partial charge in [0.05, 0.1) is 0 Å². The molecule has 0 fully saturated rings. The molecule has 1 unspecified atom stereocenters. The van der Waals surface area contributed by atoms with Gasteiger partial charge in [-0.2, -0.15) is 0 Å². The van der Waals surface area contributed by atoms with Crippen LogP contribution in [0, 0.1) is 0 Å². The number of benzene rings is 1. The molecule has 1 atom stereocenters. The van der Waals surface area contributed by atoms with E-state index in [2.05, 4.69) is 0 Å². The van der Waals surface area contributed by atoms with Gasteiger partial charge in [0, 0.05) is 5.57 Å². The van der Waals surface area contributed by atoms with Crippen LogP contribution in [0.5, 0.6) is 0 Å². The first-order valence-electron chi connectivity index (χ1n) is 4.20. The van der Waals surface area contributed by atoms with Crippen molar-refractivity contribution in [1.29, 1.82) is 0 Å². The minimum absolute atomic E-state index is 0.196. The molecule has 0 aromatic heterocycles. The van der Waals surface area contributed by atoms with Crippen molar-refractivity contribution in [2.45, 2.75) is 13.0 Å². The molecule has 1 aliphatic carbocycles. The highest BCUT2D eigenvalue weighted by atomic mass is 16.3. The smallest absolute Gasteiger partial charge is 0.191 e. The van der Waals surface area contributed by atoms with Crippen LogP contribution in [0.3, 0.4) is 0 Å². The highest BCUT2D eigenvalue weighted by Gasteiger charge is 2.17. The predicted molar refractivity (Wildman–Crippen MR) is 50.3 cm³/mol. The molecule has 2 heteroatoms. The average molecular weight is 174 g/mol. The first-order valence-corrected chi connectivity index (χ1v) is 4.20. The van der Waals surface area contributed by atoms with Crippen LogP contribution in [0.1, 0.15) is 6.92 Å². The Morgan fingerprint density at radius 3 is 2.77 bits per heavy atom. The van der Waals surface area contributed by atoms with Crippen LogP contribution in [0.15, 0.2) is 24.3 Å². The fourth-order valence-electron chi connectivity index (χ4n) is 1.58. The van der Waals surface area contributed by atoms with Gasteiger partial charge >= 0.3 is 0 Å². The number of carbonyl (C=O) groups excluding carboxylic acids is 1. The van der Waals surface area contributed by atoms with E-state index >= 15 is 0 Å². The van der Waals surface area contributed by atoms with Crippen molar-refractivity contribution in [2.75, 3.05) is 0 Å². The molecule has 0 spiro atoms. The summed E-state index contributed by atoms with van der Waals surface area (Å²) in [4.78, 5) is 11.4. The Labute approximate surface area is 75.8 Å². The van der Waals surface area contributed by atoms with Crippen LogP contribution in [-0.4, -0.2) is 17.0 Å². The second-order valence-electron chi connectivity index (χ2n) is 3.19. The molecule has 0 aliphatic heterocycles. The molecule has 2 rings (SSSR count). The molecule has 0 heterocycles. The summed E-state index contributed by atoms with van der Waals surface area (Å²) in [6, 6.07) is 7.58. The number of aliphatic hydroxyl groups excluding tert-OH is 1. The van der Waals surface area contributed by atoms with Gasteiger partial charge < -0.3 is 5.11 Å². The SMILES string of the molecule is CC1=c2ccccc2=CC(O)C1=O. The standard InChI is InChI=1S/C11H10O2/c1-7-9-5-3-2-4-8(9)6-10(12)11(7)13/h2-6,10,12H,1H3. The minimum atomic E-state index is -0.963. The lowest BCUT2D eigenvalue weighted by molar-refractivity contribution is -0.118. The number of carbonyl (C=O) groups is 1. The zero-order valence-electron chi connectivity index (χ0n) is 7.32. The Bertz CT molecular complexity index is 471. The van der Waals surface area contributed by atoms with Gasteiger partial charge in [-0.1, -0.05) is 24.3 Å². The Kier molecular flexibility index (Phi) is 1.78. The number of rotatable bonds is 0. The molecular formula is C11H10O2. The quantitative estimate of drug-likeness (QED) is 0.580. The maximum absolute atomic E-state index is 11.4. The Morgan fingerprint density at radius 2 is 2.00 bits per heavy atom. The first kappa shape index (κ1) is 8.20. The van der Waals surface area contributed by atoms with Gasteiger partial charge in [0.2, 0.25) is 0 Å². The maximum atomic E-state index is 11.4. The second kappa shape index (κ2) is 2.82. The average Bonchev–Trinajstić information content (AvgIpc) is 2.15. The number of ketones is 1. The molecule has 0 radical (unpaired) electrons. The number of aliphatic hydroxyl groups is 1. The second-order valence-corrected chi connectivity index (χ2v) is 3.19. The van der Waals surface area contributed by atoms with Crippen LogP contribution in [0.25, 0.3) is 11.6 Å². The molecule has 0 saturated carbocycles. The van der Waals surface area contributed by atoms with Crippen LogP contribution >= 0.6 is 0 Å². The summed E-state index contributed by atoms with van der Waals surface area (Å²) in [5.41, 5.74) is 0.644. The summed E-state index contributed by atoms with van der Waals surface area (Å²) in [5.74, 6) is -0.196. The molecule has 13 heavy (non-hydrogen) atoms. The van der Waals surface area contributed by atoms with E-state index in [4.69, 9.17) is 0 Å². The van der Waals surface area contributed by atoms with E-state index in [0.29, 0.717) is 5.57 Å². The van der Waals surface area contributed by atoms with E-state index in [-0.39, 0.29) is 5.78 Å². The fourth-order valence-corrected chi connectivity index (χ4v) is 1.58. The van der Waals surface area contributed by atoms with Crippen LogP contribution in [-0.2, 0) is 4.79 Å². The first-order chi connectivity index (χ1) is 6.20. The van der Waals surface area contributed by atoms with Crippen molar-refractivity contribution in [1.82, 2.24) is 0 Å². The van der Waals surface area contributed by atoms with E-state index < -0.39 is 6.10 Å². The summed E-state index contributed by atoms with van der Waals surface area (Å²) in [5, 5.41) is 11.2. The van der Waals surface area contributed by atoms with Crippen molar-refractivity contribution in [2.24, 2.45) is 0 Å². The van der Waals surface area contributed by atoms with Crippen LogP contribution in [0.4, 0.5) is 0 Å². The molecule has 1 N–H and O–H groups in total. The highest BCUT2D eigenvalue weighted by Crippen LogP contribution is 2.02. The summed E-state index contributed by atoms with van der Waals surface area (Å²) < 4.78 is 0. The highest BCUT2D eigenvalue weighted by molar-refractivity contribution is 6.19. The van der Waals surface area contributed by atoms with Crippen molar-refractivity contribution >= 4 is 17.4 Å². The summed E-state index contributed by atoms with van der Waals surface area (Å²) in [6.45, 7) is 1.75. The van der Waals surface area contributed by atoms with Gasteiger partial charge in [-0.05, 0) is 23.4 Å². The lowest BCUT2D eigenvalue weighted by Crippen LogP contribution is -2.38. The molecule has 1 aromatic carbocycles. The molecule has 0 amide bonds. The number of hydrogen-bond donors (Lipinski definition) is 1. The molecule has 2 nitrogen and oxygen atoms in total. The number of hydrogen-bond acceptors (Lipinski definition) is 2. The van der Waals surface area contributed by atoms with Gasteiger partial charge in [-0.25, -0.2) is 0 Å². The van der Waals surface area contributed by atoms with Gasteiger partial charge in [-0.3, -0.25) is 4.79 Å². The topological polar surface area (TPSA) is 37.3 Å². The van der Waals surface area contributed by atoms with E-state index in [1.54, 1.807) is 13.0 Å². The minimum Gasteiger partial charge on any atom is -0.381 e. The predicted octanol–water partition coefficient (Wildman–Crippen LogP) is -0.419. The molecule has 1 aliphatic rings. The Morgan fingerprint density at radius 1 is 1.31 bits per heavy atom. The fraction of sp³-hybridized carbons (Fsp3) is 0.182. The van der Waals surface area contributed by atoms with Gasteiger partial charge in [0.1, 0.15) is 6.10 Å². The van der Waals surface area contributed by atoms with Crippen molar-refractivity contribution in [3.63, 3.8) is 0 Å². The number of Topliss-reactive ketones (excluding diaryl/α,β-unsaturated/α-hetero) is 1. The largest absolute Gasteiger partial charge is 0.381 e. The normalized spacial score (nSPS) is 20.9. The summed E-state index contributed by atoms with van der Waals surface area (Å²) in [7, 11) is 0. The summed E-state index contributed by atoms with van der Waals surface area (Å²) >= 11 is 0. The third-order valence-electron chi connectivity index (χ3n) is 2.34. The maximum Gasteiger partial charge on any atom is 0.191 e. The van der Waals surface area contributed by atoms with Crippen molar-refractivity contribution < 1.29 is 9.90 Å². The van der Waals surface area contributed by atoms with E-state index in [1.807, 2.05) is 24.3 Å². The van der Waals surface area contributed by atoms with E-state index in [9.17, 15) is 9.90 Å². The van der Waals surface area contributed by atoms with Crippen LogP contribution < -0.4 is 10.4 Å². The number of fused-ring (bicyclic) bond motifs is 1. The molecule has 66 valence electrons. The van der Waals surface area contributed by atoms with Gasteiger partial charge in [-0.15, -0.1) is 0 Å². The Balaban J connectivity index is 2.89. The third kappa shape index (κ3) is 1.19. The molecular weight excluding hydrogens is 164 g/mol. The lowest BCUT2D eigenvalue weighted by Gasteiger charge is -2.10. The third-order valence-corrected chi connectivity index (χ3v) is 2.34. The van der Waals surface area contributed by atoms with Crippen molar-refractivity contribution in [3.05, 3.63) is 34.7 Å². The van der Waals surface area contributed by atoms with Crippen molar-refractivity contribution in [3.8, 4) is 0 Å². The zero-order valence-corrected chi connectivity index (χ0v) is 7.32. The van der Waals surface area contributed by atoms with E-state index in [0.717, 1.165) is 10.4 Å².